The molecule has 0 saturated carbocycles. The number of nitrogens with two attached hydrogens (primary N) is 1. The van der Waals surface area contributed by atoms with Crippen LogP contribution in [-0.4, -0.2) is 35.0 Å². The summed E-state index contributed by atoms with van der Waals surface area (Å²) in [6.07, 6.45) is 4.21. The third-order valence-corrected chi connectivity index (χ3v) is 3.92. The van der Waals surface area contributed by atoms with Crippen molar-refractivity contribution in [3.8, 4) is 0 Å². The minimum Gasteiger partial charge on any atom is -0.464 e. The van der Waals surface area contributed by atoms with E-state index in [0.29, 0.717) is 25.2 Å². The molecule has 1 atom stereocenters. The summed E-state index contributed by atoms with van der Waals surface area (Å²) in [6.45, 7) is 1.32. The van der Waals surface area contributed by atoms with Gasteiger partial charge in [0.1, 0.15) is 0 Å². The van der Waals surface area contributed by atoms with Crippen molar-refractivity contribution in [2.75, 3.05) is 13.2 Å². The molecule has 0 radical (unpaired) electrons. The number of carboxylic acid groups (broad SMARTS) is 1. The second-order valence-corrected chi connectivity index (χ2v) is 5.24. The largest absolute Gasteiger partial charge is 0.464 e. The van der Waals surface area contributed by atoms with Gasteiger partial charge in [0.05, 0.1) is 18.7 Å². The second kappa shape index (κ2) is 5.71. The van der Waals surface area contributed by atoms with Gasteiger partial charge in [0.2, 0.25) is 0 Å². The number of hydrogen-bond donors (Lipinski definition) is 2. The van der Waals surface area contributed by atoms with Crippen LogP contribution in [0.3, 0.4) is 0 Å². The summed E-state index contributed by atoms with van der Waals surface area (Å²) < 4.78 is 6.55. The van der Waals surface area contributed by atoms with Crippen LogP contribution >= 0.6 is 0 Å². The standard InChI is InChI=1S/C16H18N2O3/c17-14(11-5-7-21-8-6-11)9-12-10-18(16(19)20)15-4-2-1-3-13(12)15/h1-5,10,14H,6-9,17H2,(H,19,20). The van der Waals surface area contributed by atoms with Crippen LogP contribution in [0.25, 0.3) is 10.9 Å². The number of aromatic nitrogens is 1. The number of carbonyl (C=O) groups is 1. The summed E-state index contributed by atoms with van der Waals surface area (Å²) in [5.74, 6) is 0. The molecule has 0 aliphatic carbocycles. The Labute approximate surface area is 122 Å². The molecule has 5 heteroatoms. The van der Waals surface area contributed by atoms with E-state index in [0.717, 1.165) is 17.4 Å². The molecular formula is C16H18N2O3. The zero-order valence-corrected chi connectivity index (χ0v) is 11.7. The molecule has 0 spiro atoms. The third-order valence-electron chi connectivity index (χ3n) is 3.92. The molecule has 0 amide bonds. The fourth-order valence-corrected chi connectivity index (χ4v) is 2.82. The minimum atomic E-state index is -0.976. The lowest BCUT2D eigenvalue weighted by Gasteiger charge is -2.19. The molecule has 1 aromatic heterocycles. The van der Waals surface area contributed by atoms with Gasteiger partial charge in [0.25, 0.3) is 0 Å². The normalized spacial score (nSPS) is 16.7. The molecular weight excluding hydrogens is 268 g/mol. The number of rotatable bonds is 3. The van der Waals surface area contributed by atoms with Crippen LogP contribution in [0.1, 0.15) is 12.0 Å². The van der Waals surface area contributed by atoms with Gasteiger partial charge in [-0.15, -0.1) is 0 Å². The van der Waals surface area contributed by atoms with E-state index in [9.17, 15) is 9.90 Å². The minimum absolute atomic E-state index is 0.0954. The molecule has 0 saturated heterocycles. The lowest BCUT2D eigenvalue weighted by molar-refractivity contribution is 0.152. The maximum atomic E-state index is 11.3. The molecule has 1 unspecified atom stereocenters. The molecule has 2 heterocycles. The highest BCUT2D eigenvalue weighted by atomic mass is 16.5. The van der Waals surface area contributed by atoms with Gasteiger partial charge >= 0.3 is 6.09 Å². The molecule has 3 N–H and O–H groups in total. The van der Waals surface area contributed by atoms with Gasteiger partial charge in [-0.1, -0.05) is 29.8 Å². The first-order valence-corrected chi connectivity index (χ1v) is 7.01. The molecule has 1 aliphatic heterocycles. The smallest absolute Gasteiger partial charge is 0.416 e. The first-order valence-electron chi connectivity index (χ1n) is 7.01. The van der Waals surface area contributed by atoms with E-state index < -0.39 is 6.09 Å². The highest BCUT2D eigenvalue weighted by Crippen LogP contribution is 2.24. The SMILES string of the molecule is NC(Cc1cn(C(=O)O)c2ccccc12)C1=CCOCC1. The van der Waals surface area contributed by atoms with Gasteiger partial charge in [0, 0.05) is 17.6 Å². The topological polar surface area (TPSA) is 77.5 Å². The zero-order chi connectivity index (χ0) is 14.8. The number of ether oxygens (including phenoxy) is 1. The van der Waals surface area contributed by atoms with Crippen molar-refractivity contribution in [2.45, 2.75) is 18.9 Å². The average molecular weight is 286 g/mol. The van der Waals surface area contributed by atoms with Crippen LogP contribution in [0, 0.1) is 0 Å². The molecule has 2 aromatic rings. The van der Waals surface area contributed by atoms with E-state index >= 15 is 0 Å². The summed E-state index contributed by atoms with van der Waals surface area (Å²) in [6, 6.07) is 7.41. The van der Waals surface area contributed by atoms with Gasteiger partial charge in [-0.3, -0.25) is 4.57 Å². The van der Waals surface area contributed by atoms with Crippen molar-refractivity contribution in [1.82, 2.24) is 4.57 Å². The Morgan fingerprint density at radius 1 is 1.43 bits per heavy atom. The van der Waals surface area contributed by atoms with Crippen molar-refractivity contribution in [3.63, 3.8) is 0 Å². The Hall–Kier alpha value is -2.11. The van der Waals surface area contributed by atoms with E-state index in [1.807, 2.05) is 30.3 Å². The van der Waals surface area contributed by atoms with Crippen LogP contribution in [0.4, 0.5) is 4.79 Å². The summed E-state index contributed by atoms with van der Waals surface area (Å²) in [7, 11) is 0. The number of benzene rings is 1. The molecule has 1 aliphatic rings. The van der Waals surface area contributed by atoms with Crippen LogP contribution in [0.2, 0.25) is 0 Å². The van der Waals surface area contributed by atoms with E-state index in [2.05, 4.69) is 0 Å². The zero-order valence-electron chi connectivity index (χ0n) is 11.7. The first-order chi connectivity index (χ1) is 10.2. The predicted octanol–water partition coefficient (Wildman–Crippen LogP) is 2.38. The van der Waals surface area contributed by atoms with Gasteiger partial charge in [-0.25, -0.2) is 4.79 Å². The van der Waals surface area contributed by atoms with Crippen LogP contribution in [-0.2, 0) is 11.2 Å². The van der Waals surface area contributed by atoms with Crippen molar-refractivity contribution in [3.05, 3.63) is 47.7 Å². The number of nitrogens with zero attached hydrogens (tertiary/aromatic N) is 1. The van der Waals surface area contributed by atoms with E-state index in [1.54, 1.807) is 6.20 Å². The second-order valence-electron chi connectivity index (χ2n) is 5.24. The van der Waals surface area contributed by atoms with Crippen molar-refractivity contribution >= 4 is 17.0 Å². The Bertz CT molecular complexity index is 703. The molecule has 0 bridgehead atoms. The highest BCUT2D eigenvalue weighted by molar-refractivity contribution is 5.91. The molecule has 21 heavy (non-hydrogen) atoms. The maximum Gasteiger partial charge on any atom is 0.416 e. The van der Waals surface area contributed by atoms with Crippen LogP contribution in [0.5, 0.6) is 0 Å². The third kappa shape index (κ3) is 2.70. The number of hydrogen-bond acceptors (Lipinski definition) is 3. The van der Waals surface area contributed by atoms with Gasteiger partial charge in [-0.05, 0) is 24.5 Å². The Balaban J connectivity index is 1.93. The van der Waals surface area contributed by atoms with Gasteiger partial charge in [0.15, 0.2) is 0 Å². The van der Waals surface area contributed by atoms with Gasteiger partial charge in [-0.2, -0.15) is 0 Å². The first kappa shape index (κ1) is 13.9. The average Bonchev–Trinajstić information content (AvgIpc) is 2.87. The quantitative estimate of drug-likeness (QED) is 0.849. The maximum absolute atomic E-state index is 11.3. The van der Waals surface area contributed by atoms with Gasteiger partial charge < -0.3 is 15.6 Å². The lowest BCUT2D eigenvalue weighted by Crippen LogP contribution is -2.28. The van der Waals surface area contributed by atoms with Crippen LogP contribution in [0.15, 0.2) is 42.1 Å². The summed E-state index contributed by atoms with van der Waals surface area (Å²) in [4.78, 5) is 11.3. The number of para-hydroxylation sites is 1. The Morgan fingerprint density at radius 3 is 2.95 bits per heavy atom. The monoisotopic (exact) mass is 286 g/mol. The summed E-state index contributed by atoms with van der Waals surface area (Å²) >= 11 is 0. The predicted molar refractivity (Wildman–Crippen MR) is 80.6 cm³/mol. The van der Waals surface area contributed by atoms with Crippen molar-refractivity contribution in [1.29, 1.82) is 0 Å². The fraction of sp³-hybridized carbons (Fsp3) is 0.312. The van der Waals surface area contributed by atoms with E-state index in [4.69, 9.17) is 10.5 Å². The highest BCUT2D eigenvalue weighted by Gasteiger charge is 2.17. The van der Waals surface area contributed by atoms with Crippen molar-refractivity contribution in [2.24, 2.45) is 5.73 Å². The molecule has 5 nitrogen and oxygen atoms in total. The van der Waals surface area contributed by atoms with E-state index in [1.165, 1.54) is 10.1 Å². The number of fused-ring (bicyclic) bond motifs is 1. The molecule has 0 fully saturated rings. The fourth-order valence-electron chi connectivity index (χ4n) is 2.82. The Kier molecular flexibility index (Phi) is 3.77. The van der Waals surface area contributed by atoms with E-state index in [-0.39, 0.29) is 6.04 Å². The molecule has 3 rings (SSSR count). The molecule has 110 valence electrons. The Morgan fingerprint density at radius 2 is 2.24 bits per heavy atom. The van der Waals surface area contributed by atoms with Crippen molar-refractivity contribution < 1.29 is 14.6 Å². The summed E-state index contributed by atoms with van der Waals surface area (Å²) in [5.41, 5.74) is 9.13. The molecule has 1 aromatic carbocycles. The van der Waals surface area contributed by atoms with Crippen LogP contribution < -0.4 is 5.73 Å². The lowest BCUT2D eigenvalue weighted by atomic mass is 9.96. The summed E-state index contributed by atoms with van der Waals surface area (Å²) in [5, 5.41) is 10.2.